The molecule has 1 aromatic heterocycles. The van der Waals surface area contributed by atoms with Crippen LogP contribution in [0.3, 0.4) is 0 Å². The van der Waals surface area contributed by atoms with Gasteiger partial charge in [0.1, 0.15) is 5.82 Å². The minimum absolute atomic E-state index is 0.0960. The molecule has 8 nitrogen and oxygen atoms in total. The van der Waals surface area contributed by atoms with Gasteiger partial charge in [0.05, 0.1) is 18.6 Å². The molecule has 0 spiro atoms. The first-order chi connectivity index (χ1) is 12.5. The smallest absolute Gasteiger partial charge is 0.317 e. The van der Waals surface area contributed by atoms with Crippen molar-refractivity contribution in [1.82, 2.24) is 25.0 Å². The number of esters is 1. The van der Waals surface area contributed by atoms with Crippen LogP contribution in [0.1, 0.15) is 57.7 Å². The topological polar surface area (TPSA) is 89.3 Å². The molecule has 3 rings (SSSR count). The second kappa shape index (κ2) is 8.05. The standard InChI is InChI=1S/C18H29N5O3/c1-4-26-17(24)13-7-10-22(11-8-13)18(25)19-15(12(2)3)16-21-20-14-6-5-9-23(14)16/h12-13,15H,4-11H2,1-3H3,(H,19,25). The van der Waals surface area contributed by atoms with E-state index >= 15 is 0 Å². The molecule has 0 bridgehead atoms. The number of carbonyl (C=O) groups is 2. The van der Waals surface area contributed by atoms with Gasteiger partial charge in [0.25, 0.3) is 0 Å². The summed E-state index contributed by atoms with van der Waals surface area (Å²) in [7, 11) is 0. The van der Waals surface area contributed by atoms with Crippen LogP contribution < -0.4 is 5.32 Å². The minimum atomic E-state index is -0.162. The van der Waals surface area contributed by atoms with E-state index in [1.165, 1.54) is 0 Å². The fraction of sp³-hybridized carbons (Fsp3) is 0.778. The maximum atomic E-state index is 12.8. The molecule has 1 saturated heterocycles. The molecule has 0 aliphatic carbocycles. The maximum absolute atomic E-state index is 12.8. The van der Waals surface area contributed by atoms with E-state index in [0.717, 1.165) is 31.0 Å². The van der Waals surface area contributed by atoms with Crippen molar-refractivity contribution in [2.45, 2.75) is 59.0 Å². The highest BCUT2D eigenvalue weighted by Crippen LogP contribution is 2.25. The predicted octanol–water partition coefficient (Wildman–Crippen LogP) is 1.91. The number of rotatable bonds is 5. The lowest BCUT2D eigenvalue weighted by atomic mass is 9.97. The van der Waals surface area contributed by atoms with Crippen molar-refractivity contribution in [3.63, 3.8) is 0 Å². The molecule has 1 aromatic rings. The zero-order valence-electron chi connectivity index (χ0n) is 15.9. The van der Waals surface area contributed by atoms with Gasteiger partial charge in [-0.05, 0) is 32.1 Å². The summed E-state index contributed by atoms with van der Waals surface area (Å²) in [6.07, 6.45) is 3.34. The molecule has 0 radical (unpaired) electrons. The first kappa shape index (κ1) is 18.7. The van der Waals surface area contributed by atoms with Gasteiger partial charge in [-0.15, -0.1) is 10.2 Å². The lowest BCUT2D eigenvalue weighted by Crippen LogP contribution is -2.47. The minimum Gasteiger partial charge on any atom is -0.466 e. The number of nitrogens with zero attached hydrogens (tertiary/aromatic N) is 4. The van der Waals surface area contributed by atoms with E-state index < -0.39 is 0 Å². The largest absolute Gasteiger partial charge is 0.466 e. The molecule has 8 heteroatoms. The third-order valence-corrected chi connectivity index (χ3v) is 5.26. The van der Waals surface area contributed by atoms with Gasteiger partial charge in [-0.2, -0.15) is 0 Å². The number of urea groups is 1. The van der Waals surface area contributed by atoms with E-state index in [1.54, 1.807) is 4.90 Å². The molecule has 1 unspecified atom stereocenters. The van der Waals surface area contributed by atoms with Crippen LogP contribution in [0.25, 0.3) is 0 Å². The number of carbonyl (C=O) groups excluding carboxylic acids is 2. The fourth-order valence-electron chi connectivity index (χ4n) is 3.74. The number of ether oxygens (including phenoxy) is 1. The molecule has 26 heavy (non-hydrogen) atoms. The number of nitrogens with one attached hydrogen (secondary N) is 1. The lowest BCUT2D eigenvalue weighted by Gasteiger charge is -2.33. The average molecular weight is 363 g/mol. The Kier molecular flexibility index (Phi) is 5.78. The Morgan fingerprint density at radius 1 is 1.23 bits per heavy atom. The van der Waals surface area contributed by atoms with Gasteiger partial charge in [-0.1, -0.05) is 13.8 Å². The summed E-state index contributed by atoms with van der Waals surface area (Å²) in [4.78, 5) is 26.4. The van der Waals surface area contributed by atoms with Crippen molar-refractivity contribution in [3.8, 4) is 0 Å². The Morgan fingerprint density at radius 3 is 2.62 bits per heavy atom. The molecule has 2 aliphatic rings. The Labute approximate surface area is 154 Å². The number of fused-ring (bicyclic) bond motifs is 1. The molecule has 1 fully saturated rings. The highest BCUT2D eigenvalue weighted by atomic mass is 16.5. The number of likely N-dealkylation sites (tertiary alicyclic amines) is 1. The molecule has 2 amide bonds. The molecular weight excluding hydrogens is 334 g/mol. The van der Waals surface area contributed by atoms with E-state index in [1.807, 2.05) is 6.92 Å². The number of hydrogen-bond donors (Lipinski definition) is 1. The predicted molar refractivity (Wildman–Crippen MR) is 95.4 cm³/mol. The second-order valence-corrected chi connectivity index (χ2v) is 7.41. The zero-order valence-corrected chi connectivity index (χ0v) is 15.9. The van der Waals surface area contributed by atoms with Gasteiger partial charge in [0.2, 0.25) is 0 Å². The van der Waals surface area contributed by atoms with Crippen LogP contribution in [0.2, 0.25) is 0 Å². The highest BCUT2D eigenvalue weighted by molar-refractivity contribution is 5.76. The number of piperidine rings is 1. The van der Waals surface area contributed by atoms with Gasteiger partial charge in [-0.3, -0.25) is 4.79 Å². The van der Waals surface area contributed by atoms with E-state index in [4.69, 9.17) is 4.74 Å². The van der Waals surface area contributed by atoms with Crippen LogP contribution >= 0.6 is 0 Å². The van der Waals surface area contributed by atoms with E-state index in [9.17, 15) is 9.59 Å². The summed E-state index contributed by atoms with van der Waals surface area (Å²) < 4.78 is 7.23. The van der Waals surface area contributed by atoms with E-state index in [2.05, 4.69) is 33.9 Å². The van der Waals surface area contributed by atoms with Gasteiger partial charge in [0, 0.05) is 26.1 Å². The van der Waals surface area contributed by atoms with Gasteiger partial charge in [-0.25, -0.2) is 4.79 Å². The average Bonchev–Trinajstić information content (AvgIpc) is 3.23. The summed E-state index contributed by atoms with van der Waals surface area (Å²) in [5.74, 6) is 1.83. The van der Waals surface area contributed by atoms with Crippen molar-refractivity contribution in [2.75, 3.05) is 19.7 Å². The molecule has 3 heterocycles. The first-order valence-electron chi connectivity index (χ1n) is 9.65. The van der Waals surface area contributed by atoms with Crippen LogP contribution in [0.15, 0.2) is 0 Å². The number of hydrogen-bond acceptors (Lipinski definition) is 5. The van der Waals surface area contributed by atoms with Crippen molar-refractivity contribution >= 4 is 12.0 Å². The molecule has 0 aromatic carbocycles. The van der Waals surface area contributed by atoms with Gasteiger partial charge >= 0.3 is 12.0 Å². The second-order valence-electron chi connectivity index (χ2n) is 7.41. The summed E-state index contributed by atoms with van der Waals surface area (Å²) in [5.41, 5.74) is 0. The van der Waals surface area contributed by atoms with Crippen LogP contribution in [0.4, 0.5) is 4.79 Å². The molecule has 144 valence electrons. The highest BCUT2D eigenvalue weighted by Gasteiger charge is 2.32. The monoisotopic (exact) mass is 363 g/mol. The Balaban J connectivity index is 1.60. The Morgan fingerprint density at radius 2 is 1.96 bits per heavy atom. The molecule has 1 atom stereocenters. The van der Waals surface area contributed by atoms with Crippen LogP contribution in [-0.2, 0) is 22.5 Å². The number of aromatic nitrogens is 3. The number of amides is 2. The normalized spacial score (nSPS) is 18.7. The molecular formula is C18H29N5O3. The molecule has 1 N–H and O–H groups in total. The van der Waals surface area contributed by atoms with Crippen LogP contribution in [-0.4, -0.2) is 51.4 Å². The first-order valence-corrected chi connectivity index (χ1v) is 9.65. The van der Waals surface area contributed by atoms with Crippen molar-refractivity contribution < 1.29 is 14.3 Å². The quantitative estimate of drug-likeness (QED) is 0.807. The number of aryl methyl sites for hydroxylation is 1. The van der Waals surface area contributed by atoms with Crippen molar-refractivity contribution in [3.05, 3.63) is 11.6 Å². The molecule has 2 aliphatic heterocycles. The summed E-state index contributed by atoms with van der Waals surface area (Å²) in [6.45, 7) is 8.42. The van der Waals surface area contributed by atoms with E-state index in [-0.39, 0.29) is 29.9 Å². The van der Waals surface area contributed by atoms with Crippen LogP contribution in [0.5, 0.6) is 0 Å². The third kappa shape index (κ3) is 3.83. The van der Waals surface area contributed by atoms with Gasteiger partial charge in [0.15, 0.2) is 5.82 Å². The lowest BCUT2D eigenvalue weighted by molar-refractivity contribution is -0.149. The van der Waals surface area contributed by atoms with Crippen molar-refractivity contribution in [1.29, 1.82) is 0 Å². The third-order valence-electron chi connectivity index (χ3n) is 5.26. The van der Waals surface area contributed by atoms with Crippen LogP contribution in [0, 0.1) is 11.8 Å². The SMILES string of the molecule is CCOC(=O)C1CCN(C(=O)NC(c2nnc3n2CCC3)C(C)C)CC1. The maximum Gasteiger partial charge on any atom is 0.317 e. The van der Waals surface area contributed by atoms with Crippen molar-refractivity contribution in [2.24, 2.45) is 11.8 Å². The Bertz CT molecular complexity index is 649. The van der Waals surface area contributed by atoms with Gasteiger partial charge < -0.3 is 19.5 Å². The summed E-state index contributed by atoms with van der Waals surface area (Å²) in [5, 5.41) is 11.7. The zero-order chi connectivity index (χ0) is 18.7. The molecule has 0 saturated carbocycles. The van der Waals surface area contributed by atoms with E-state index in [0.29, 0.717) is 32.5 Å². The summed E-state index contributed by atoms with van der Waals surface area (Å²) in [6, 6.07) is -0.258. The fourth-order valence-corrected chi connectivity index (χ4v) is 3.74. The summed E-state index contributed by atoms with van der Waals surface area (Å²) >= 11 is 0. The Hall–Kier alpha value is -2.12.